The lowest BCUT2D eigenvalue weighted by atomic mass is 9.99. The van der Waals surface area contributed by atoms with Crippen LogP contribution < -0.4 is 5.32 Å². The van der Waals surface area contributed by atoms with Crippen molar-refractivity contribution in [1.82, 2.24) is 19.3 Å². The molecule has 0 spiro atoms. The Morgan fingerprint density at radius 1 is 1.06 bits per heavy atom. The van der Waals surface area contributed by atoms with Crippen molar-refractivity contribution in [2.24, 2.45) is 7.05 Å². The van der Waals surface area contributed by atoms with Crippen molar-refractivity contribution in [2.75, 3.05) is 5.32 Å². The number of nitrogens with zero attached hydrogens (tertiary/aromatic N) is 4. The first-order chi connectivity index (χ1) is 14.8. The van der Waals surface area contributed by atoms with Crippen molar-refractivity contribution in [3.63, 3.8) is 0 Å². The van der Waals surface area contributed by atoms with Crippen LogP contribution in [-0.4, -0.2) is 25.2 Å². The van der Waals surface area contributed by atoms with Crippen molar-refractivity contribution in [1.29, 1.82) is 0 Å². The molecule has 4 aromatic rings. The zero-order valence-corrected chi connectivity index (χ0v) is 19.6. The molecule has 0 fully saturated rings. The molecule has 1 N–H and O–H groups in total. The molecule has 7 heteroatoms. The Bertz CT molecular complexity index is 1270. The highest BCUT2D eigenvalue weighted by Crippen LogP contribution is 2.28. The molecular formula is C24H24BrN5O. The normalized spacial score (nSPS) is 11.0. The molecule has 4 rings (SSSR count). The summed E-state index contributed by atoms with van der Waals surface area (Å²) in [5, 5.41) is 7.21. The number of rotatable bonds is 5. The summed E-state index contributed by atoms with van der Waals surface area (Å²) in [6.45, 7) is 6.90. The van der Waals surface area contributed by atoms with Gasteiger partial charge in [0.2, 0.25) is 5.95 Å². The van der Waals surface area contributed by atoms with E-state index in [9.17, 15) is 4.79 Å². The number of nitrogens with one attached hydrogen (secondary N) is 1. The predicted molar refractivity (Wildman–Crippen MR) is 126 cm³/mol. The third kappa shape index (κ3) is 4.46. The van der Waals surface area contributed by atoms with Gasteiger partial charge in [0.25, 0.3) is 5.91 Å². The summed E-state index contributed by atoms with van der Waals surface area (Å²) < 4.78 is 4.66. The summed E-state index contributed by atoms with van der Waals surface area (Å²) in [5.41, 5.74) is 7.33. The lowest BCUT2D eigenvalue weighted by Crippen LogP contribution is -2.15. The van der Waals surface area contributed by atoms with Crippen LogP contribution in [-0.2, 0) is 13.6 Å². The highest BCUT2D eigenvalue weighted by molar-refractivity contribution is 9.10. The number of benzene rings is 2. The monoisotopic (exact) mass is 477 g/mol. The summed E-state index contributed by atoms with van der Waals surface area (Å²) >= 11 is 3.40. The third-order valence-corrected chi connectivity index (χ3v) is 5.88. The third-order valence-electron chi connectivity index (χ3n) is 5.47. The highest BCUT2D eigenvalue weighted by atomic mass is 79.9. The van der Waals surface area contributed by atoms with Gasteiger partial charge < -0.3 is 4.57 Å². The molecule has 2 aromatic carbocycles. The van der Waals surface area contributed by atoms with Gasteiger partial charge in [0.1, 0.15) is 0 Å². The van der Waals surface area contributed by atoms with Crippen LogP contribution >= 0.6 is 15.9 Å². The van der Waals surface area contributed by atoms with Gasteiger partial charge in [-0.25, -0.2) is 4.98 Å². The van der Waals surface area contributed by atoms with Gasteiger partial charge in [0.05, 0.1) is 29.1 Å². The molecule has 158 valence electrons. The van der Waals surface area contributed by atoms with Crippen LogP contribution in [0.1, 0.15) is 32.6 Å². The minimum atomic E-state index is -0.194. The highest BCUT2D eigenvalue weighted by Gasteiger charge is 2.15. The SMILES string of the molecule is Cc1cc(C)c(-c2cnc(NC(=O)c3cccc(Cn4cc(Br)cn4)c3)n2C)cc1C. The average Bonchev–Trinajstić information content (AvgIpc) is 3.30. The van der Waals surface area contributed by atoms with Crippen LogP contribution in [0.4, 0.5) is 5.95 Å². The summed E-state index contributed by atoms with van der Waals surface area (Å²) in [6.07, 6.45) is 5.45. The maximum atomic E-state index is 12.9. The second-order valence-corrected chi connectivity index (χ2v) is 8.70. The molecule has 0 aliphatic rings. The van der Waals surface area contributed by atoms with Gasteiger partial charge in [-0.15, -0.1) is 0 Å². The van der Waals surface area contributed by atoms with E-state index in [4.69, 9.17) is 0 Å². The Kier molecular flexibility index (Phi) is 5.78. The van der Waals surface area contributed by atoms with Gasteiger partial charge in [-0.1, -0.05) is 18.2 Å². The molecule has 31 heavy (non-hydrogen) atoms. The van der Waals surface area contributed by atoms with E-state index >= 15 is 0 Å². The molecule has 2 heterocycles. The number of carbonyl (C=O) groups is 1. The van der Waals surface area contributed by atoms with E-state index < -0.39 is 0 Å². The molecule has 0 unspecified atom stereocenters. The predicted octanol–water partition coefficient (Wildman–Crippen LogP) is 5.27. The molecule has 0 aliphatic carbocycles. The van der Waals surface area contributed by atoms with Crippen molar-refractivity contribution < 1.29 is 4.79 Å². The zero-order valence-electron chi connectivity index (χ0n) is 18.0. The molecule has 0 saturated heterocycles. The number of aryl methyl sites for hydroxylation is 3. The van der Waals surface area contributed by atoms with Crippen LogP contribution in [0.25, 0.3) is 11.3 Å². The number of halogens is 1. The molecule has 0 atom stereocenters. The number of aromatic nitrogens is 4. The summed E-state index contributed by atoms with van der Waals surface area (Å²) in [7, 11) is 1.92. The fourth-order valence-electron chi connectivity index (χ4n) is 3.61. The zero-order chi connectivity index (χ0) is 22.1. The molecule has 2 aromatic heterocycles. The van der Waals surface area contributed by atoms with Crippen molar-refractivity contribution >= 4 is 27.8 Å². The van der Waals surface area contributed by atoms with Crippen LogP contribution in [0.2, 0.25) is 0 Å². The maximum absolute atomic E-state index is 12.9. The fourth-order valence-corrected chi connectivity index (χ4v) is 3.94. The number of anilines is 1. The van der Waals surface area contributed by atoms with E-state index in [-0.39, 0.29) is 5.91 Å². The number of amides is 1. The Morgan fingerprint density at radius 3 is 2.58 bits per heavy atom. The maximum Gasteiger partial charge on any atom is 0.257 e. The molecule has 0 aliphatic heterocycles. The number of imidazole rings is 1. The Morgan fingerprint density at radius 2 is 1.84 bits per heavy atom. The minimum absolute atomic E-state index is 0.194. The van der Waals surface area contributed by atoms with Crippen molar-refractivity contribution in [3.8, 4) is 11.3 Å². The van der Waals surface area contributed by atoms with Gasteiger partial charge in [0, 0.05) is 24.4 Å². The van der Waals surface area contributed by atoms with Gasteiger partial charge >= 0.3 is 0 Å². The number of carbonyl (C=O) groups excluding carboxylic acids is 1. The second kappa shape index (κ2) is 8.51. The van der Waals surface area contributed by atoms with Crippen LogP contribution in [0, 0.1) is 20.8 Å². The summed E-state index contributed by atoms with van der Waals surface area (Å²) in [4.78, 5) is 17.3. The first-order valence-electron chi connectivity index (χ1n) is 10.00. The van der Waals surface area contributed by atoms with E-state index in [0.29, 0.717) is 18.1 Å². The number of hydrogen-bond donors (Lipinski definition) is 1. The van der Waals surface area contributed by atoms with Crippen LogP contribution in [0.5, 0.6) is 0 Å². The molecule has 0 saturated carbocycles. The molecule has 6 nitrogen and oxygen atoms in total. The van der Waals surface area contributed by atoms with Crippen molar-refractivity contribution in [2.45, 2.75) is 27.3 Å². The topological polar surface area (TPSA) is 64.7 Å². The van der Waals surface area contributed by atoms with E-state index in [1.54, 1.807) is 18.5 Å². The largest absolute Gasteiger partial charge is 0.313 e. The Labute approximate surface area is 190 Å². The van der Waals surface area contributed by atoms with E-state index in [1.807, 2.05) is 40.7 Å². The van der Waals surface area contributed by atoms with Crippen LogP contribution in [0.3, 0.4) is 0 Å². The summed E-state index contributed by atoms with van der Waals surface area (Å²) in [6, 6.07) is 11.9. The van der Waals surface area contributed by atoms with E-state index in [0.717, 1.165) is 21.3 Å². The second-order valence-electron chi connectivity index (χ2n) is 7.79. The minimum Gasteiger partial charge on any atom is -0.313 e. The smallest absolute Gasteiger partial charge is 0.257 e. The standard InChI is InChI=1S/C24H24BrN5O/c1-15-8-17(3)21(9-16(15)2)22-12-26-24(29(22)4)28-23(31)19-7-5-6-18(10-19)13-30-14-20(25)11-27-30/h5-12,14H,13H2,1-4H3,(H,26,28,31). The van der Waals surface area contributed by atoms with E-state index in [1.165, 1.54) is 16.7 Å². The quantitative estimate of drug-likeness (QED) is 0.425. The Balaban J connectivity index is 1.55. The van der Waals surface area contributed by atoms with Gasteiger partial charge in [-0.2, -0.15) is 5.10 Å². The summed E-state index contributed by atoms with van der Waals surface area (Å²) in [5.74, 6) is 0.319. The van der Waals surface area contributed by atoms with Gasteiger partial charge in [-0.3, -0.25) is 14.8 Å². The first kappa shape index (κ1) is 21.1. The Hall–Kier alpha value is -3.19. The van der Waals surface area contributed by atoms with Crippen molar-refractivity contribution in [3.05, 3.63) is 87.3 Å². The molecule has 0 bridgehead atoms. The van der Waals surface area contributed by atoms with Crippen LogP contribution in [0.15, 0.2) is 59.5 Å². The number of hydrogen-bond acceptors (Lipinski definition) is 3. The fraction of sp³-hybridized carbons (Fsp3) is 0.208. The molecule has 1 amide bonds. The first-order valence-corrected chi connectivity index (χ1v) is 10.8. The van der Waals surface area contributed by atoms with E-state index in [2.05, 4.69) is 64.2 Å². The lowest BCUT2D eigenvalue weighted by Gasteiger charge is -2.12. The molecular weight excluding hydrogens is 454 g/mol. The molecule has 0 radical (unpaired) electrons. The van der Waals surface area contributed by atoms with Gasteiger partial charge in [0.15, 0.2) is 0 Å². The van der Waals surface area contributed by atoms with Gasteiger partial charge in [-0.05, 0) is 77.2 Å². The lowest BCUT2D eigenvalue weighted by molar-refractivity contribution is 0.102. The average molecular weight is 478 g/mol.